The monoisotopic (exact) mass is 428 g/mol. The summed E-state index contributed by atoms with van der Waals surface area (Å²) in [5.41, 5.74) is 0.132. The van der Waals surface area contributed by atoms with Gasteiger partial charge in [-0.15, -0.1) is 0 Å². The van der Waals surface area contributed by atoms with Crippen molar-refractivity contribution in [2.45, 2.75) is 31.4 Å². The van der Waals surface area contributed by atoms with Crippen LogP contribution in [0.25, 0.3) is 0 Å². The van der Waals surface area contributed by atoms with Crippen molar-refractivity contribution in [3.05, 3.63) is 48.0 Å². The summed E-state index contributed by atoms with van der Waals surface area (Å²) in [6.07, 6.45) is 0. The predicted octanol–water partition coefficient (Wildman–Crippen LogP) is 3.58. The number of nitrogens with zero attached hydrogens (tertiary/aromatic N) is 1. The van der Waals surface area contributed by atoms with E-state index in [1.54, 1.807) is 13.8 Å². The average molecular weight is 428 g/mol. The first-order valence-corrected chi connectivity index (χ1v) is 10.0. The number of anilines is 1. The molecule has 1 amide bonds. The Hall–Kier alpha value is -2.72. The van der Waals surface area contributed by atoms with E-state index < -0.39 is 22.5 Å². The lowest BCUT2D eigenvalue weighted by molar-refractivity contribution is -0.0515. The summed E-state index contributed by atoms with van der Waals surface area (Å²) in [6.45, 7) is 0.360. The number of amides is 1. The van der Waals surface area contributed by atoms with Gasteiger partial charge in [0, 0.05) is 18.8 Å². The molecule has 0 spiro atoms. The topological polar surface area (TPSA) is 84.9 Å². The van der Waals surface area contributed by atoms with Crippen molar-refractivity contribution in [1.29, 1.82) is 0 Å². The highest BCUT2D eigenvalue weighted by Gasteiger charge is 2.23. The molecule has 2 rings (SSSR count). The molecule has 0 aliphatic heterocycles. The molecule has 158 valence electrons. The van der Waals surface area contributed by atoms with E-state index in [2.05, 4.69) is 10.1 Å². The van der Waals surface area contributed by atoms with Crippen LogP contribution >= 0.6 is 0 Å². The van der Waals surface area contributed by atoms with Crippen LogP contribution in [0, 0.1) is 0 Å². The zero-order valence-electron chi connectivity index (χ0n) is 16.3. The molecule has 0 unspecified atom stereocenters. The first-order valence-electron chi connectivity index (χ1n) is 8.59. The van der Waals surface area contributed by atoms with Gasteiger partial charge < -0.3 is 14.8 Å². The number of alkyl halides is 2. The van der Waals surface area contributed by atoms with Gasteiger partial charge in [0.05, 0.1) is 17.6 Å². The first-order chi connectivity index (χ1) is 13.6. The number of hydrogen-bond donors (Lipinski definition) is 1. The van der Waals surface area contributed by atoms with Crippen LogP contribution < -0.4 is 14.8 Å². The maximum atomic E-state index is 12.7. The second kappa shape index (κ2) is 9.19. The Kier molecular flexibility index (Phi) is 7.15. The van der Waals surface area contributed by atoms with Gasteiger partial charge in [-0.25, -0.2) is 8.42 Å². The molecule has 1 N–H and O–H groups in total. The number of sulfonamides is 1. The largest absolute Gasteiger partial charge is 0.493 e. The van der Waals surface area contributed by atoms with Crippen LogP contribution in [0.4, 0.5) is 14.5 Å². The molecule has 2 aromatic rings. The summed E-state index contributed by atoms with van der Waals surface area (Å²) in [5.74, 6) is -1.12. The molecule has 0 fully saturated rings. The van der Waals surface area contributed by atoms with Gasteiger partial charge in [0.1, 0.15) is 0 Å². The number of hydrogen-bond acceptors (Lipinski definition) is 5. The summed E-state index contributed by atoms with van der Waals surface area (Å²) < 4.78 is 61.0. The molecule has 0 atom stereocenters. The number of rotatable bonds is 8. The molecule has 29 heavy (non-hydrogen) atoms. The van der Waals surface area contributed by atoms with Crippen LogP contribution in [-0.4, -0.2) is 45.4 Å². The standard InChI is InChI=1S/C19H22F2N2O5S/c1-12(2)23(3)29(25,26)14-10-8-13(9-11-14)22-18(24)15-6-5-7-16(27-4)17(15)28-19(20)21/h5-12,19H,1-4H3,(H,22,24). The molecule has 10 heteroatoms. The van der Waals surface area contributed by atoms with E-state index in [1.807, 2.05) is 0 Å². The molecule has 0 bridgehead atoms. The number of halogens is 2. The summed E-state index contributed by atoms with van der Waals surface area (Å²) in [5, 5.41) is 2.53. The molecule has 0 saturated heterocycles. The number of nitrogens with one attached hydrogen (secondary N) is 1. The van der Waals surface area contributed by atoms with Crippen molar-refractivity contribution in [3.63, 3.8) is 0 Å². The number of ether oxygens (including phenoxy) is 2. The fourth-order valence-electron chi connectivity index (χ4n) is 2.42. The molecule has 0 heterocycles. The second-order valence-electron chi connectivity index (χ2n) is 6.31. The average Bonchev–Trinajstić information content (AvgIpc) is 2.67. The number of carbonyl (C=O) groups is 1. The van der Waals surface area contributed by atoms with Crippen LogP contribution in [0.15, 0.2) is 47.4 Å². The minimum atomic E-state index is -3.66. The Morgan fingerprint density at radius 1 is 1.10 bits per heavy atom. The number of benzene rings is 2. The fraction of sp³-hybridized carbons (Fsp3) is 0.316. The Labute approximate surface area is 168 Å². The quantitative estimate of drug-likeness (QED) is 0.695. The van der Waals surface area contributed by atoms with Crippen molar-refractivity contribution in [1.82, 2.24) is 4.31 Å². The third-order valence-corrected chi connectivity index (χ3v) is 6.21. The van der Waals surface area contributed by atoms with E-state index in [1.165, 1.54) is 60.9 Å². The lowest BCUT2D eigenvalue weighted by Gasteiger charge is -2.21. The third kappa shape index (κ3) is 5.21. The lowest BCUT2D eigenvalue weighted by atomic mass is 10.1. The maximum Gasteiger partial charge on any atom is 0.387 e. The van der Waals surface area contributed by atoms with Gasteiger partial charge >= 0.3 is 6.61 Å². The third-order valence-electron chi connectivity index (χ3n) is 4.17. The molecule has 7 nitrogen and oxygen atoms in total. The molecule has 0 aromatic heterocycles. The minimum Gasteiger partial charge on any atom is -0.493 e. The molecular weight excluding hydrogens is 406 g/mol. The van der Waals surface area contributed by atoms with Crippen molar-refractivity contribution in [2.75, 3.05) is 19.5 Å². The number of carbonyl (C=O) groups excluding carboxylic acids is 1. The van der Waals surface area contributed by atoms with Gasteiger partial charge in [-0.05, 0) is 50.2 Å². The zero-order chi connectivity index (χ0) is 21.8. The summed E-state index contributed by atoms with van der Waals surface area (Å²) in [6, 6.07) is 9.47. The molecule has 0 saturated carbocycles. The van der Waals surface area contributed by atoms with E-state index in [0.717, 1.165) is 0 Å². The summed E-state index contributed by atoms with van der Waals surface area (Å²) in [4.78, 5) is 12.6. The summed E-state index contributed by atoms with van der Waals surface area (Å²) >= 11 is 0. The zero-order valence-corrected chi connectivity index (χ0v) is 17.2. The highest BCUT2D eigenvalue weighted by atomic mass is 32.2. The van der Waals surface area contributed by atoms with E-state index >= 15 is 0 Å². The van der Waals surface area contributed by atoms with E-state index in [4.69, 9.17) is 4.74 Å². The Balaban J connectivity index is 2.27. The molecule has 0 aliphatic rings. The van der Waals surface area contributed by atoms with Crippen LogP contribution in [0.2, 0.25) is 0 Å². The highest BCUT2D eigenvalue weighted by Crippen LogP contribution is 2.33. The number of para-hydroxylation sites is 1. The van der Waals surface area contributed by atoms with Gasteiger partial charge in [0.15, 0.2) is 11.5 Å². The van der Waals surface area contributed by atoms with Crippen molar-refractivity contribution in [2.24, 2.45) is 0 Å². The van der Waals surface area contributed by atoms with Gasteiger partial charge in [0.2, 0.25) is 10.0 Å². The van der Waals surface area contributed by atoms with Gasteiger partial charge in [-0.3, -0.25) is 4.79 Å². The van der Waals surface area contributed by atoms with Crippen LogP contribution in [0.1, 0.15) is 24.2 Å². The fourth-order valence-corrected chi connectivity index (χ4v) is 3.79. The van der Waals surface area contributed by atoms with Gasteiger partial charge in [-0.2, -0.15) is 13.1 Å². The SMILES string of the molecule is COc1cccc(C(=O)Nc2ccc(S(=O)(=O)N(C)C(C)C)cc2)c1OC(F)F. The Morgan fingerprint density at radius 2 is 1.72 bits per heavy atom. The number of methoxy groups -OCH3 is 1. The Bertz CT molecular complexity index is 963. The normalized spacial score (nSPS) is 11.8. The maximum absolute atomic E-state index is 12.7. The van der Waals surface area contributed by atoms with Crippen molar-refractivity contribution >= 4 is 21.6 Å². The van der Waals surface area contributed by atoms with E-state index in [9.17, 15) is 22.0 Å². The smallest absolute Gasteiger partial charge is 0.387 e. The molecular formula is C19H22F2N2O5S. The van der Waals surface area contributed by atoms with E-state index in [0.29, 0.717) is 0 Å². The van der Waals surface area contributed by atoms with Crippen LogP contribution in [-0.2, 0) is 10.0 Å². The van der Waals surface area contributed by atoms with Crippen molar-refractivity contribution < 1.29 is 31.5 Å². The van der Waals surface area contributed by atoms with Crippen LogP contribution in [0.5, 0.6) is 11.5 Å². The second-order valence-corrected chi connectivity index (χ2v) is 8.31. The highest BCUT2D eigenvalue weighted by molar-refractivity contribution is 7.89. The van der Waals surface area contributed by atoms with Crippen molar-refractivity contribution in [3.8, 4) is 11.5 Å². The summed E-state index contributed by atoms with van der Waals surface area (Å²) in [7, 11) is -0.922. The lowest BCUT2D eigenvalue weighted by Crippen LogP contribution is -2.33. The van der Waals surface area contributed by atoms with Gasteiger partial charge in [-0.1, -0.05) is 6.07 Å². The van der Waals surface area contributed by atoms with Crippen LogP contribution in [0.3, 0.4) is 0 Å². The van der Waals surface area contributed by atoms with E-state index in [-0.39, 0.29) is 33.7 Å². The predicted molar refractivity (Wildman–Crippen MR) is 104 cm³/mol. The molecule has 0 radical (unpaired) electrons. The van der Waals surface area contributed by atoms with Gasteiger partial charge in [0.25, 0.3) is 5.91 Å². The Morgan fingerprint density at radius 3 is 2.24 bits per heavy atom. The molecule has 0 aliphatic carbocycles. The first kappa shape index (κ1) is 22.6. The minimum absolute atomic E-state index is 0.0175. The molecule has 2 aromatic carbocycles.